The van der Waals surface area contributed by atoms with Crippen LogP contribution in [0.25, 0.3) is 5.82 Å². The van der Waals surface area contributed by atoms with Crippen molar-refractivity contribution in [3.63, 3.8) is 0 Å². The van der Waals surface area contributed by atoms with Gasteiger partial charge in [-0.15, -0.1) is 0 Å². The molecular formula is C15H17N3O4. The molecule has 116 valence electrons. The summed E-state index contributed by atoms with van der Waals surface area (Å²) in [5.41, 5.74) is -0.436. The Hall–Kier alpha value is -2.70. The topological polar surface area (TPSA) is 105 Å². The zero-order chi connectivity index (χ0) is 16.5. The highest BCUT2D eigenvalue weighted by molar-refractivity contribution is 5.90. The second-order valence-electron chi connectivity index (χ2n) is 5.68. The van der Waals surface area contributed by atoms with Crippen LogP contribution in [0.3, 0.4) is 0 Å². The van der Waals surface area contributed by atoms with Gasteiger partial charge in [0, 0.05) is 12.6 Å². The first-order chi connectivity index (χ1) is 10.2. The minimum Gasteiger partial charge on any atom is -0.481 e. The van der Waals surface area contributed by atoms with Crippen LogP contribution in [-0.4, -0.2) is 36.9 Å². The third kappa shape index (κ3) is 2.83. The predicted molar refractivity (Wildman–Crippen MR) is 78.2 cm³/mol. The van der Waals surface area contributed by atoms with E-state index in [9.17, 15) is 19.8 Å². The Morgan fingerprint density at radius 1 is 1.27 bits per heavy atom. The second-order valence-corrected chi connectivity index (χ2v) is 5.68. The lowest BCUT2D eigenvalue weighted by molar-refractivity contribution is -0.146. The van der Waals surface area contributed by atoms with Gasteiger partial charge in [0.05, 0.1) is 16.8 Å². The largest absolute Gasteiger partial charge is 0.481 e. The molecule has 0 saturated heterocycles. The van der Waals surface area contributed by atoms with Crippen molar-refractivity contribution < 1.29 is 19.8 Å². The van der Waals surface area contributed by atoms with Gasteiger partial charge in [-0.1, -0.05) is 6.07 Å². The van der Waals surface area contributed by atoms with Crippen LogP contribution < -0.4 is 0 Å². The molecule has 2 aromatic heterocycles. The van der Waals surface area contributed by atoms with Crippen LogP contribution in [0.5, 0.6) is 0 Å². The average molecular weight is 303 g/mol. The van der Waals surface area contributed by atoms with Gasteiger partial charge in [-0.2, -0.15) is 5.10 Å². The van der Waals surface area contributed by atoms with Gasteiger partial charge in [-0.05, 0) is 32.9 Å². The molecule has 0 spiro atoms. The molecule has 0 fully saturated rings. The fourth-order valence-electron chi connectivity index (χ4n) is 2.18. The van der Waals surface area contributed by atoms with E-state index in [0.717, 1.165) is 0 Å². The highest BCUT2D eigenvalue weighted by Gasteiger charge is 2.33. The van der Waals surface area contributed by atoms with E-state index in [1.165, 1.54) is 4.68 Å². The van der Waals surface area contributed by atoms with Crippen LogP contribution in [0.2, 0.25) is 0 Å². The van der Waals surface area contributed by atoms with Gasteiger partial charge in [-0.25, -0.2) is 14.5 Å². The third-order valence-electron chi connectivity index (χ3n) is 3.42. The number of aryl methyl sites for hydroxylation is 1. The van der Waals surface area contributed by atoms with E-state index in [1.807, 2.05) is 0 Å². The van der Waals surface area contributed by atoms with E-state index in [-0.39, 0.29) is 12.0 Å². The molecule has 0 aliphatic rings. The van der Waals surface area contributed by atoms with Crippen molar-refractivity contribution in [2.24, 2.45) is 5.41 Å². The van der Waals surface area contributed by atoms with Gasteiger partial charge < -0.3 is 10.2 Å². The van der Waals surface area contributed by atoms with E-state index < -0.39 is 17.4 Å². The number of nitrogens with zero attached hydrogens (tertiary/aromatic N) is 3. The summed E-state index contributed by atoms with van der Waals surface area (Å²) in [6.07, 6.45) is 1.60. The van der Waals surface area contributed by atoms with Crippen molar-refractivity contribution in [1.82, 2.24) is 14.8 Å². The van der Waals surface area contributed by atoms with Crippen LogP contribution >= 0.6 is 0 Å². The quantitative estimate of drug-likeness (QED) is 0.874. The number of rotatable bonds is 5. The van der Waals surface area contributed by atoms with E-state index in [2.05, 4.69) is 10.1 Å². The van der Waals surface area contributed by atoms with Gasteiger partial charge in [0.2, 0.25) is 0 Å². The Labute approximate surface area is 127 Å². The van der Waals surface area contributed by atoms with Gasteiger partial charge in [-0.3, -0.25) is 4.79 Å². The molecule has 0 aliphatic carbocycles. The zero-order valence-corrected chi connectivity index (χ0v) is 12.6. The number of hydrogen-bond donors (Lipinski definition) is 2. The SMILES string of the molecule is Cc1nn(-c2ccccn2)c(CC(C)(C)C(=O)O)c1C(=O)O. The van der Waals surface area contributed by atoms with E-state index in [0.29, 0.717) is 17.2 Å². The normalized spacial score (nSPS) is 11.4. The summed E-state index contributed by atoms with van der Waals surface area (Å²) in [6, 6.07) is 5.18. The lowest BCUT2D eigenvalue weighted by Gasteiger charge is -2.20. The fraction of sp³-hybridized carbons (Fsp3) is 0.333. The van der Waals surface area contributed by atoms with E-state index in [1.54, 1.807) is 45.2 Å². The molecule has 22 heavy (non-hydrogen) atoms. The first kappa shape index (κ1) is 15.7. The van der Waals surface area contributed by atoms with Crippen LogP contribution in [0, 0.1) is 12.3 Å². The summed E-state index contributed by atoms with van der Waals surface area (Å²) in [6.45, 7) is 4.68. The molecule has 0 aliphatic heterocycles. The monoisotopic (exact) mass is 303 g/mol. The summed E-state index contributed by atoms with van der Waals surface area (Å²) in [7, 11) is 0. The molecular weight excluding hydrogens is 286 g/mol. The summed E-state index contributed by atoms with van der Waals surface area (Å²) in [5, 5.41) is 23.0. The molecule has 2 aromatic rings. The summed E-state index contributed by atoms with van der Waals surface area (Å²) in [4.78, 5) is 27.0. The van der Waals surface area contributed by atoms with Crippen molar-refractivity contribution in [2.45, 2.75) is 27.2 Å². The highest BCUT2D eigenvalue weighted by Crippen LogP contribution is 2.27. The number of pyridine rings is 1. The summed E-state index contributed by atoms with van der Waals surface area (Å²) >= 11 is 0. The molecule has 2 N–H and O–H groups in total. The maximum atomic E-state index is 11.5. The second kappa shape index (κ2) is 5.59. The van der Waals surface area contributed by atoms with Crippen molar-refractivity contribution in [1.29, 1.82) is 0 Å². The molecule has 0 bridgehead atoms. The van der Waals surface area contributed by atoms with Gasteiger partial charge in [0.1, 0.15) is 5.56 Å². The standard InChI is InChI=1S/C15H17N3O4/c1-9-12(13(19)20)10(8-15(2,3)14(21)22)18(17-9)11-6-4-5-7-16-11/h4-7H,8H2,1-3H3,(H,19,20)(H,21,22). The maximum Gasteiger partial charge on any atom is 0.339 e. The molecule has 0 saturated carbocycles. The Kier molecular flexibility index (Phi) is 3.99. The van der Waals surface area contributed by atoms with Gasteiger partial charge in [0.25, 0.3) is 0 Å². The van der Waals surface area contributed by atoms with Crippen LogP contribution in [-0.2, 0) is 11.2 Å². The molecule has 7 heteroatoms. The number of aromatic nitrogens is 3. The first-order valence-electron chi connectivity index (χ1n) is 6.70. The molecule has 0 aromatic carbocycles. The van der Waals surface area contributed by atoms with Gasteiger partial charge >= 0.3 is 11.9 Å². The Balaban J connectivity index is 2.63. The molecule has 0 atom stereocenters. The predicted octanol–water partition coefficient (Wildman–Crippen LogP) is 1.93. The van der Waals surface area contributed by atoms with Crippen LogP contribution in [0.1, 0.15) is 35.6 Å². The average Bonchev–Trinajstić information content (AvgIpc) is 2.75. The minimum absolute atomic E-state index is 0.0278. The summed E-state index contributed by atoms with van der Waals surface area (Å²) in [5.74, 6) is -1.68. The number of carboxylic acid groups (broad SMARTS) is 2. The van der Waals surface area contributed by atoms with Crippen LogP contribution in [0.4, 0.5) is 0 Å². The van der Waals surface area contributed by atoms with Crippen molar-refractivity contribution in [3.8, 4) is 5.82 Å². The molecule has 7 nitrogen and oxygen atoms in total. The Bertz CT molecular complexity index is 720. The van der Waals surface area contributed by atoms with Gasteiger partial charge in [0.15, 0.2) is 5.82 Å². The Morgan fingerprint density at radius 3 is 2.45 bits per heavy atom. The maximum absolute atomic E-state index is 11.5. The fourth-order valence-corrected chi connectivity index (χ4v) is 2.18. The minimum atomic E-state index is -1.13. The van der Waals surface area contributed by atoms with Crippen molar-refractivity contribution >= 4 is 11.9 Å². The number of aliphatic carboxylic acids is 1. The number of hydrogen-bond acceptors (Lipinski definition) is 4. The lowest BCUT2D eigenvalue weighted by Crippen LogP contribution is -2.28. The summed E-state index contributed by atoms with van der Waals surface area (Å²) < 4.78 is 1.41. The highest BCUT2D eigenvalue weighted by atomic mass is 16.4. The Morgan fingerprint density at radius 2 is 1.95 bits per heavy atom. The number of aromatic carboxylic acids is 1. The van der Waals surface area contributed by atoms with E-state index >= 15 is 0 Å². The number of carbonyl (C=O) groups is 2. The zero-order valence-electron chi connectivity index (χ0n) is 12.6. The van der Waals surface area contributed by atoms with Crippen LogP contribution in [0.15, 0.2) is 24.4 Å². The molecule has 0 unspecified atom stereocenters. The lowest BCUT2D eigenvalue weighted by atomic mass is 9.86. The van der Waals surface area contributed by atoms with E-state index in [4.69, 9.17) is 0 Å². The first-order valence-corrected chi connectivity index (χ1v) is 6.70. The molecule has 2 rings (SSSR count). The smallest absolute Gasteiger partial charge is 0.339 e. The molecule has 2 heterocycles. The van der Waals surface area contributed by atoms with Crippen molar-refractivity contribution in [2.75, 3.05) is 0 Å². The third-order valence-corrected chi connectivity index (χ3v) is 3.42. The molecule has 0 radical (unpaired) electrons. The molecule has 0 amide bonds. The van der Waals surface area contributed by atoms with Crippen molar-refractivity contribution in [3.05, 3.63) is 41.3 Å². The number of carboxylic acids is 2.